The first kappa shape index (κ1) is 20.0. The Morgan fingerprint density at radius 2 is 1.96 bits per heavy atom. The number of fused-ring (bicyclic) bond motifs is 1. The summed E-state index contributed by atoms with van der Waals surface area (Å²) in [6.45, 7) is 2.30. The summed E-state index contributed by atoms with van der Waals surface area (Å²) < 4.78 is 40.6. The van der Waals surface area contributed by atoms with E-state index in [0.29, 0.717) is 18.8 Å². The maximum atomic E-state index is 13.0. The first-order valence-electron chi connectivity index (χ1n) is 8.48. The third kappa shape index (κ3) is 3.62. The Hall–Kier alpha value is -2.79. The number of nitrogens with zero attached hydrogens (tertiary/aromatic N) is 4. The lowest BCUT2D eigenvalue weighted by Crippen LogP contribution is -2.33. The molecular formula is C17H20FN5O4S. The molecule has 1 atom stereocenters. The summed E-state index contributed by atoms with van der Waals surface area (Å²) in [5.74, 6) is -1.38. The number of carbonyl (C=O) groups is 1. The van der Waals surface area contributed by atoms with Gasteiger partial charge in [0.05, 0.1) is 11.9 Å². The maximum absolute atomic E-state index is 13.0. The highest BCUT2D eigenvalue weighted by molar-refractivity contribution is 7.89. The number of aromatic nitrogens is 2. The Morgan fingerprint density at radius 3 is 2.64 bits per heavy atom. The standard InChI is InChI=1S/C17H20FN5O4S/c1-11(23-16(24)8-12(18)10-19-23)17(25)20-13-4-5-14-15(9-13)28(26,27)22(3)7-6-21(14)2/h4-5,8-11H,6-7H2,1-3H3,(H,20,25). The Labute approximate surface area is 161 Å². The van der Waals surface area contributed by atoms with E-state index < -0.39 is 33.3 Å². The molecule has 0 fully saturated rings. The van der Waals surface area contributed by atoms with Gasteiger partial charge in [-0.25, -0.2) is 17.5 Å². The molecule has 2 aromatic rings. The van der Waals surface area contributed by atoms with Crippen LogP contribution >= 0.6 is 0 Å². The van der Waals surface area contributed by atoms with Gasteiger partial charge in [-0.05, 0) is 25.1 Å². The summed E-state index contributed by atoms with van der Waals surface area (Å²) in [5.41, 5.74) is 0.0419. The van der Waals surface area contributed by atoms with Gasteiger partial charge in [-0.2, -0.15) is 9.40 Å². The van der Waals surface area contributed by atoms with Gasteiger partial charge < -0.3 is 10.2 Å². The monoisotopic (exact) mass is 409 g/mol. The van der Waals surface area contributed by atoms with Crippen LogP contribution < -0.4 is 15.8 Å². The second-order valence-corrected chi connectivity index (χ2v) is 8.57. The van der Waals surface area contributed by atoms with Gasteiger partial charge in [-0.15, -0.1) is 0 Å². The highest BCUT2D eigenvalue weighted by atomic mass is 32.2. The van der Waals surface area contributed by atoms with E-state index in [1.165, 1.54) is 24.3 Å². The number of benzene rings is 1. The molecule has 1 aliphatic heterocycles. The van der Waals surface area contributed by atoms with Crippen molar-refractivity contribution in [2.24, 2.45) is 0 Å². The number of halogens is 1. The van der Waals surface area contributed by atoms with E-state index in [-0.39, 0.29) is 10.6 Å². The number of hydrogen-bond acceptors (Lipinski definition) is 6. The lowest BCUT2D eigenvalue weighted by atomic mass is 10.2. The van der Waals surface area contributed by atoms with Crippen LogP contribution in [-0.4, -0.2) is 55.6 Å². The molecular weight excluding hydrogens is 389 g/mol. The van der Waals surface area contributed by atoms with Gasteiger partial charge in [0, 0.05) is 38.9 Å². The van der Waals surface area contributed by atoms with Crippen molar-refractivity contribution in [1.29, 1.82) is 0 Å². The van der Waals surface area contributed by atoms with Gasteiger partial charge >= 0.3 is 0 Å². The highest BCUT2D eigenvalue weighted by Crippen LogP contribution is 2.32. The molecule has 28 heavy (non-hydrogen) atoms. The van der Waals surface area contributed by atoms with Gasteiger partial charge in [0.15, 0.2) is 0 Å². The van der Waals surface area contributed by atoms with Crippen molar-refractivity contribution in [1.82, 2.24) is 14.1 Å². The van der Waals surface area contributed by atoms with Crippen LogP contribution in [0.2, 0.25) is 0 Å². The largest absolute Gasteiger partial charge is 0.372 e. The van der Waals surface area contributed by atoms with Gasteiger partial charge in [-0.1, -0.05) is 0 Å². The van der Waals surface area contributed by atoms with Crippen LogP contribution in [0.4, 0.5) is 15.8 Å². The molecule has 1 aliphatic rings. The Morgan fingerprint density at radius 1 is 1.25 bits per heavy atom. The van der Waals surface area contributed by atoms with Crippen LogP contribution in [0.5, 0.6) is 0 Å². The molecule has 150 valence electrons. The Balaban J connectivity index is 1.91. The summed E-state index contributed by atoms with van der Waals surface area (Å²) in [7, 11) is -0.411. The molecule has 0 spiro atoms. The van der Waals surface area contributed by atoms with E-state index in [0.717, 1.165) is 16.9 Å². The molecule has 2 heterocycles. The smallest absolute Gasteiger partial charge is 0.270 e. The van der Waals surface area contributed by atoms with Crippen molar-refractivity contribution in [2.75, 3.05) is 37.4 Å². The Kier molecular flexibility index (Phi) is 5.22. The topological polar surface area (TPSA) is 105 Å². The molecule has 1 amide bonds. The van der Waals surface area contributed by atoms with E-state index in [9.17, 15) is 22.4 Å². The third-order valence-electron chi connectivity index (χ3n) is 4.62. The molecule has 0 bridgehead atoms. The number of hydrogen-bond donors (Lipinski definition) is 1. The molecule has 1 aromatic heterocycles. The maximum Gasteiger partial charge on any atom is 0.270 e. The number of amides is 1. The zero-order chi connectivity index (χ0) is 20.6. The van der Waals surface area contributed by atoms with Gasteiger partial charge in [0.25, 0.3) is 5.56 Å². The second-order valence-electron chi connectivity index (χ2n) is 6.55. The zero-order valence-corrected chi connectivity index (χ0v) is 16.4. The lowest BCUT2D eigenvalue weighted by Gasteiger charge is -2.19. The molecule has 0 radical (unpaired) electrons. The zero-order valence-electron chi connectivity index (χ0n) is 15.6. The van der Waals surface area contributed by atoms with Crippen molar-refractivity contribution in [2.45, 2.75) is 17.9 Å². The molecule has 1 N–H and O–H groups in total. The second kappa shape index (κ2) is 7.32. The van der Waals surface area contributed by atoms with Crippen molar-refractivity contribution in [3.8, 4) is 0 Å². The number of carbonyl (C=O) groups excluding carboxylic acids is 1. The van der Waals surface area contributed by atoms with Crippen LogP contribution in [0.3, 0.4) is 0 Å². The average molecular weight is 409 g/mol. The minimum absolute atomic E-state index is 0.0810. The number of nitrogens with one attached hydrogen (secondary N) is 1. The molecule has 1 aromatic carbocycles. The van der Waals surface area contributed by atoms with E-state index in [1.54, 1.807) is 19.2 Å². The molecule has 0 saturated heterocycles. The van der Waals surface area contributed by atoms with E-state index in [1.807, 2.05) is 4.90 Å². The predicted octanol–water partition coefficient (Wildman–Crippen LogP) is 0.652. The van der Waals surface area contributed by atoms with E-state index in [4.69, 9.17) is 0 Å². The summed E-state index contributed by atoms with van der Waals surface area (Å²) in [4.78, 5) is 26.2. The molecule has 3 rings (SSSR count). The van der Waals surface area contributed by atoms with Crippen molar-refractivity contribution < 1.29 is 17.6 Å². The van der Waals surface area contributed by atoms with Crippen LogP contribution in [-0.2, 0) is 14.8 Å². The summed E-state index contributed by atoms with van der Waals surface area (Å²) >= 11 is 0. The fourth-order valence-corrected chi connectivity index (χ4v) is 4.28. The number of sulfonamides is 1. The number of anilines is 2. The molecule has 1 unspecified atom stereocenters. The fraction of sp³-hybridized carbons (Fsp3) is 0.353. The summed E-state index contributed by atoms with van der Waals surface area (Å²) in [6, 6.07) is 4.30. The summed E-state index contributed by atoms with van der Waals surface area (Å²) in [5, 5.41) is 6.21. The molecule has 9 nitrogen and oxygen atoms in total. The van der Waals surface area contributed by atoms with Crippen molar-refractivity contribution >= 4 is 27.3 Å². The molecule has 11 heteroatoms. The minimum atomic E-state index is -3.70. The highest BCUT2D eigenvalue weighted by Gasteiger charge is 2.29. The predicted molar refractivity (Wildman–Crippen MR) is 101 cm³/mol. The fourth-order valence-electron chi connectivity index (χ4n) is 2.86. The number of likely N-dealkylation sites (N-methyl/N-ethyl adjacent to an activating group) is 2. The molecule has 0 aliphatic carbocycles. The van der Waals surface area contributed by atoms with Crippen molar-refractivity contribution in [3.63, 3.8) is 0 Å². The third-order valence-corrected chi connectivity index (χ3v) is 6.50. The van der Waals surface area contributed by atoms with Crippen LogP contribution in [0, 0.1) is 5.82 Å². The molecule has 0 saturated carbocycles. The van der Waals surface area contributed by atoms with E-state index >= 15 is 0 Å². The lowest BCUT2D eigenvalue weighted by molar-refractivity contribution is -0.119. The average Bonchev–Trinajstić information content (AvgIpc) is 2.72. The quantitative estimate of drug-likeness (QED) is 0.798. The first-order chi connectivity index (χ1) is 13.1. The van der Waals surface area contributed by atoms with Crippen LogP contribution in [0.1, 0.15) is 13.0 Å². The van der Waals surface area contributed by atoms with Crippen molar-refractivity contribution in [3.05, 3.63) is 46.6 Å². The number of rotatable bonds is 3. The first-order valence-corrected chi connectivity index (χ1v) is 9.92. The minimum Gasteiger partial charge on any atom is -0.372 e. The van der Waals surface area contributed by atoms with Gasteiger partial charge in [0.2, 0.25) is 15.9 Å². The SMILES string of the molecule is CC(C(=O)Nc1ccc2c(c1)S(=O)(=O)N(C)CCN2C)n1ncc(F)cc1=O. The van der Waals surface area contributed by atoms with Crippen LogP contribution in [0.25, 0.3) is 0 Å². The normalized spacial score (nSPS) is 17.5. The van der Waals surface area contributed by atoms with E-state index in [2.05, 4.69) is 10.4 Å². The van der Waals surface area contributed by atoms with Gasteiger partial charge in [-0.3, -0.25) is 9.59 Å². The van der Waals surface area contributed by atoms with Crippen LogP contribution in [0.15, 0.2) is 40.2 Å². The van der Waals surface area contributed by atoms with Gasteiger partial charge in [0.1, 0.15) is 16.8 Å². The summed E-state index contributed by atoms with van der Waals surface area (Å²) in [6.07, 6.45) is 0.839. The Bertz CT molecular complexity index is 1090.